The lowest BCUT2D eigenvalue weighted by molar-refractivity contribution is 0.406. The lowest BCUT2D eigenvalue weighted by Gasteiger charge is -2.11. The summed E-state index contributed by atoms with van der Waals surface area (Å²) in [6.45, 7) is 3.84. The number of aromatic hydroxyl groups is 1. The molecule has 0 amide bonds. The highest BCUT2D eigenvalue weighted by molar-refractivity contribution is 7.32. The predicted molar refractivity (Wildman–Crippen MR) is 112 cm³/mol. The molecule has 0 radical (unpaired) electrons. The van der Waals surface area contributed by atoms with Crippen LogP contribution in [-0.4, -0.2) is 29.3 Å². The molecule has 0 aliphatic rings. The van der Waals surface area contributed by atoms with Gasteiger partial charge in [-0.05, 0) is 43.2 Å². The van der Waals surface area contributed by atoms with Gasteiger partial charge in [0.05, 0.1) is 11.3 Å². The summed E-state index contributed by atoms with van der Waals surface area (Å²) in [6, 6.07) is 8.49. The monoisotopic (exact) mass is 427 g/mol. The van der Waals surface area contributed by atoms with E-state index in [4.69, 9.17) is 9.42 Å². The number of aryl methyl sites for hydroxylation is 3. The molecule has 1 unspecified atom stereocenters. The Morgan fingerprint density at radius 3 is 2.73 bits per heavy atom. The molecule has 4 aromatic rings. The molecule has 0 saturated carbocycles. The summed E-state index contributed by atoms with van der Waals surface area (Å²) < 4.78 is 19.4. The molecule has 0 aliphatic heterocycles. The Bertz CT molecular complexity index is 1350. The highest BCUT2D eigenvalue weighted by Crippen LogP contribution is 2.38. The van der Waals surface area contributed by atoms with Crippen molar-refractivity contribution in [1.82, 2.24) is 19.3 Å². The highest BCUT2D eigenvalue weighted by Gasteiger charge is 2.23. The van der Waals surface area contributed by atoms with E-state index in [1.807, 2.05) is 49.9 Å². The smallest absolute Gasteiger partial charge is 0.507 e. The minimum atomic E-state index is -2.87. The van der Waals surface area contributed by atoms with Gasteiger partial charge >= 0.3 is 13.9 Å². The molecule has 0 saturated heterocycles. The molecule has 0 aliphatic carbocycles. The first-order valence-electron chi connectivity index (χ1n) is 9.24. The number of phenolic OH excluding ortho intramolecular Hbond substituents is 1. The number of phenols is 1. The molecular formula is C20H20N4O5P+. The van der Waals surface area contributed by atoms with Crippen LogP contribution in [0.3, 0.4) is 0 Å². The van der Waals surface area contributed by atoms with Crippen molar-refractivity contribution in [2.24, 2.45) is 7.05 Å². The fourth-order valence-electron chi connectivity index (χ4n) is 3.67. The number of benzene rings is 2. The van der Waals surface area contributed by atoms with Crippen molar-refractivity contribution in [3.05, 3.63) is 58.1 Å². The number of hydrogen-bond donors (Lipinski definition) is 3. The number of H-pyrrole nitrogens is 1. The summed E-state index contributed by atoms with van der Waals surface area (Å²) in [5.41, 5.74) is 3.15. The van der Waals surface area contributed by atoms with Crippen molar-refractivity contribution in [3.8, 4) is 28.6 Å². The van der Waals surface area contributed by atoms with E-state index in [-0.39, 0.29) is 17.3 Å². The quantitative estimate of drug-likeness (QED) is 0.420. The van der Waals surface area contributed by atoms with Gasteiger partial charge in [-0.3, -0.25) is 0 Å². The Labute approximate surface area is 172 Å². The maximum atomic E-state index is 12.6. The number of fused-ring (bicyclic) bond motifs is 1. The van der Waals surface area contributed by atoms with Gasteiger partial charge < -0.3 is 9.67 Å². The van der Waals surface area contributed by atoms with Gasteiger partial charge in [0.15, 0.2) is 11.6 Å². The molecule has 0 bridgehead atoms. The first-order chi connectivity index (χ1) is 14.3. The predicted octanol–water partition coefficient (Wildman–Crippen LogP) is 3.32. The van der Waals surface area contributed by atoms with Crippen LogP contribution in [0.1, 0.15) is 18.1 Å². The van der Waals surface area contributed by atoms with Gasteiger partial charge in [0.1, 0.15) is 5.75 Å². The number of hydrogen-bond acceptors (Lipinski definition) is 5. The average molecular weight is 427 g/mol. The van der Waals surface area contributed by atoms with Crippen LogP contribution in [0.5, 0.6) is 11.5 Å². The largest absolute Gasteiger partial charge is 0.747 e. The van der Waals surface area contributed by atoms with Crippen molar-refractivity contribution in [1.29, 1.82) is 0 Å². The fraction of sp³-hybridized carbons (Fsp3) is 0.200. The summed E-state index contributed by atoms with van der Waals surface area (Å²) in [6.07, 6.45) is 2.49. The Kier molecular flexibility index (Phi) is 4.93. The van der Waals surface area contributed by atoms with Gasteiger partial charge in [-0.15, -0.1) is 4.89 Å². The van der Waals surface area contributed by atoms with E-state index in [0.29, 0.717) is 23.2 Å². The van der Waals surface area contributed by atoms with Crippen molar-refractivity contribution in [2.45, 2.75) is 20.3 Å². The second-order valence-corrected chi connectivity index (χ2v) is 7.63. The summed E-state index contributed by atoms with van der Waals surface area (Å²) in [5, 5.41) is 18.1. The second-order valence-electron chi connectivity index (χ2n) is 6.97. The van der Waals surface area contributed by atoms with Crippen LogP contribution in [0, 0.1) is 6.92 Å². The third kappa shape index (κ3) is 3.28. The highest BCUT2D eigenvalue weighted by atomic mass is 31.1. The summed E-state index contributed by atoms with van der Waals surface area (Å²) in [5.74, 6) is 0.101. The normalized spacial score (nSPS) is 11.8. The minimum absolute atomic E-state index is 0.105. The van der Waals surface area contributed by atoms with E-state index >= 15 is 0 Å². The zero-order valence-corrected chi connectivity index (χ0v) is 17.5. The number of rotatable bonds is 5. The van der Waals surface area contributed by atoms with Gasteiger partial charge in [0.2, 0.25) is 0 Å². The van der Waals surface area contributed by atoms with Gasteiger partial charge in [0, 0.05) is 40.3 Å². The maximum Gasteiger partial charge on any atom is 0.747 e. The zero-order chi connectivity index (χ0) is 21.6. The molecule has 9 nitrogen and oxygen atoms in total. The van der Waals surface area contributed by atoms with Crippen LogP contribution in [0.25, 0.3) is 28.0 Å². The standard InChI is InChI=1S/C20H19N4O5P/c1-4-12-7-15(17(25)9-18(12)29-30(27)28)19-21-22-20(26)24(19)13-5-6-16-14(8-13)11(2)10-23(16)3/h5-10H,4H2,1-3H3,(H2-,21,22,25,26,27,28)/p+1. The number of nitrogens with one attached hydrogen (secondary N) is 1. The van der Waals surface area contributed by atoms with Gasteiger partial charge in [-0.25, -0.2) is 19.0 Å². The van der Waals surface area contributed by atoms with Crippen LogP contribution in [0.4, 0.5) is 0 Å². The van der Waals surface area contributed by atoms with Crippen molar-refractivity contribution >= 4 is 19.2 Å². The van der Waals surface area contributed by atoms with Crippen LogP contribution in [-0.2, 0) is 18.0 Å². The van der Waals surface area contributed by atoms with E-state index in [2.05, 4.69) is 10.2 Å². The van der Waals surface area contributed by atoms with E-state index in [1.54, 1.807) is 6.07 Å². The van der Waals surface area contributed by atoms with E-state index < -0.39 is 13.9 Å². The zero-order valence-electron chi connectivity index (χ0n) is 16.6. The Balaban J connectivity index is 1.91. The van der Waals surface area contributed by atoms with Crippen molar-refractivity contribution in [2.75, 3.05) is 0 Å². The number of aromatic nitrogens is 4. The Hall–Kier alpha value is -3.42. The summed E-state index contributed by atoms with van der Waals surface area (Å²) in [7, 11) is -0.915. The average Bonchev–Trinajstić information content (AvgIpc) is 3.21. The number of nitrogens with zero attached hydrogens (tertiary/aromatic N) is 3. The Morgan fingerprint density at radius 1 is 1.27 bits per heavy atom. The lowest BCUT2D eigenvalue weighted by Crippen LogP contribution is -2.15. The summed E-state index contributed by atoms with van der Waals surface area (Å²) in [4.78, 5) is 21.6. The third-order valence-corrected chi connectivity index (χ3v) is 5.43. The van der Waals surface area contributed by atoms with Crippen molar-refractivity contribution in [3.63, 3.8) is 0 Å². The lowest BCUT2D eigenvalue weighted by atomic mass is 10.1. The SMILES string of the molecule is CCc1cc(-c2n[nH]c(=O)n2-c2ccc3c(c2)c(C)cn3C)c(O)cc1O[P+](=O)O. The first kappa shape index (κ1) is 19.9. The second kappa shape index (κ2) is 7.44. The third-order valence-electron chi connectivity index (χ3n) is 5.08. The number of aromatic amines is 1. The van der Waals surface area contributed by atoms with Gasteiger partial charge in [0.25, 0.3) is 0 Å². The van der Waals surface area contributed by atoms with Crippen LogP contribution in [0.15, 0.2) is 41.3 Å². The molecule has 0 fully saturated rings. The van der Waals surface area contributed by atoms with Gasteiger partial charge in [-0.2, -0.15) is 5.10 Å². The van der Waals surface area contributed by atoms with E-state index in [9.17, 15) is 14.5 Å². The van der Waals surface area contributed by atoms with Crippen LogP contribution in [0.2, 0.25) is 0 Å². The molecule has 3 N–H and O–H groups in total. The van der Waals surface area contributed by atoms with E-state index in [1.165, 1.54) is 10.6 Å². The van der Waals surface area contributed by atoms with Crippen LogP contribution >= 0.6 is 8.25 Å². The molecule has 0 spiro atoms. The topological polar surface area (TPSA) is 122 Å². The van der Waals surface area contributed by atoms with Crippen LogP contribution < -0.4 is 10.2 Å². The Morgan fingerprint density at radius 2 is 2.03 bits per heavy atom. The molecular weight excluding hydrogens is 407 g/mol. The molecule has 154 valence electrons. The first-order valence-corrected chi connectivity index (χ1v) is 10.4. The van der Waals surface area contributed by atoms with Gasteiger partial charge in [-0.1, -0.05) is 6.92 Å². The summed E-state index contributed by atoms with van der Waals surface area (Å²) >= 11 is 0. The minimum Gasteiger partial charge on any atom is -0.507 e. The molecule has 2 aromatic heterocycles. The van der Waals surface area contributed by atoms with E-state index in [0.717, 1.165) is 16.5 Å². The van der Waals surface area contributed by atoms with Crippen molar-refractivity contribution < 1.29 is 19.1 Å². The molecule has 2 aromatic carbocycles. The maximum absolute atomic E-state index is 12.6. The fourth-order valence-corrected chi connectivity index (χ4v) is 4.01. The molecule has 1 atom stereocenters. The molecule has 30 heavy (non-hydrogen) atoms. The molecule has 2 heterocycles. The molecule has 4 rings (SSSR count). The molecule has 10 heteroatoms.